The standard InChI is InChI=1S/C30H44N7O19P3S/c1-29(2,24(41)27(42)33-10-7-19(38)32-11-12-60-20(39)4-3-17-5-8-30(43,44)9-6-17)14-53-59(50,51)56-58(48,49)52-13-18-23(55-57(45,46)47)22(40)28(54-18)37-16-36-21-25(31)34-15-35-26(21)37/h3-6,8,15-16,18,22-24,28,40-41,43-44H,7,9-14H2,1-2H3,(H,32,38)(H,33,42)(H,48,49)(H,50,51)(H2,31,34,35)(H2,45,46,47)/b4-3+/t18-,22-,23-,24+,28-/m1/s1. The Morgan fingerprint density at radius 1 is 1.10 bits per heavy atom. The fraction of sp³-hybridized carbons (Fsp3) is 0.533. The van der Waals surface area contributed by atoms with Gasteiger partial charge in [0, 0.05) is 37.1 Å². The number of phosphoric ester groups is 3. The highest BCUT2D eigenvalue weighted by Crippen LogP contribution is 2.61. The number of rotatable bonds is 21. The van der Waals surface area contributed by atoms with Gasteiger partial charge in [0.2, 0.25) is 16.9 Å². The van der Waals surface area contributed by atoms with Crippen LogP contribution in [0.2, 0.25) is 0 Å². The van der Waals surface area contributed by atoms with Crippen molar-refractivity contribution in [1.82, 2.24) is 30.2 Å². The Morgan fingerprint density at radius 3 is 2.47 bits per heavy atom. The molecule has 2 aromatic heterocycles. The van der Waals surface area contributed by atoms with Crippen LogP contribution in [-0.2, 0) is 50.7 Å². The van der Waals surface area contributed by atoms with E-state index in [0.717, 1.165) is 29.0 Å². The number of carbonyl (C=O) groups excluding carboxylic acids is 3. The fourth-order valence-corrected chi connectivity index (χ4v) is 8.65. The first-order valence-electron chi connectivity index (χ1n) is 17.4. The summed E-state index contributed by atoms with van der Waals surface area (Å²) in [5, 5.41) is 45.0. The van der Waals surface area contributed by atoms with E-state index in [0.29, 0.717) is 5.57 Å². The number of nitrogens with one attached hydrogen (secondary N) is 2. The van der Waals surface area contributed by atoms with Gasteiger partial charge in [-0.15, -0.1) is 0 Å². The summed E-state index contributed by atoms with van der Waals surface area (Å²) in [6.07, 6.45) is -0.0872. The highest BCUT2D eigenvalue weighted by atomic mass is 32.2. The fourth-order valence-electron chi connectivity index (χ4n) is 5.25. The van der Waals surface area contributed by atoms with E-state index in [4.69, 9.17) is 19.5 Å². The number of nitrogens with zero attached hydrogens (tertiary/aromatic N) is 4. The number of hydrogen-bond donors (Lipinski definition) is 11. The van der Waals surface area contributed by atoms with Crippen LogP contribution in [-0.4, -0.2) is 139 Å². The van der Waals surface area contributed by atoms with Gasteiger partial charge in [-0.2, -0.15) is 4.31 Å². The molecule has 1 fully saturated rings. The summed E-state index contributed by atoms with van der Waals surface area (Å²) in [5.74, 6) is -3.25. The van der Waals surface area contributed by atoms with E-state index < -0.39 is 90.3 Å². The van der Waals surface area contributed by atoms with Crippen molar-refractivity contribution in [3.63, 3.8) is 0 Å². The van der Waals surface area contributed by atoms with E-state index in [1.165, 1.54) is 38.2 Å². The van der Waals surface area contributed by atoms with Crippen molar-refractivity contribution >= 4 is 69.1 Å². The van der Waals surface area contributed by atoms with Crippen molar-refractivity contribution < 1.29 is 90.7 Å². The predicted octanol–water partition coefficient (Wildman–Crippen LogP) is -1.21. The van der Waals surface area contributed by atoms with Crippen molar-refractivity contribution in [1.29, 1.82) is 0 Å². The normalized spacial score (nSPS) is 23.2. The monoisotopic (exact) mass is 931 g/mol. The zero-order valence-corrected chi connectivity index (χ0v) is 35.1. The van der Waals surface area contributed by atoms with Gasteiger partial charge in [-0.1, -0.05) is 43.8 Å². The van der Waals surface area contributed by atoms with Crippen LogP contribution in [0.1, 0.15) is 32.9 Å². The van der Waals surface area contributed by atoms with Crippen molar-refractivity contribution in [3.8, 4) is 0 Å². The number of allylic oxidation sites excluding steroid dienone is 3. The summed E-state index contributed by atoms with van der Waals surface area (Å²) in [6, 6.07) is 0. The number of phosphoric acid groups is 3. The van der Waals surface area contributed by atoms with Crippen molar-refractivity contribution in [2.75, 3.05) is 37.8 Å². The lowest BCUT2D eigenvalue weighted by molar-refractivity contribution is -0.137. The lowest BCUT2D eigenvalue weighted by Crippen LogP contribution is -2.46. The number of aromatic nitrogens is 4. The van der Waals surface area contributed by atoms with E-state index in [1.807, 2.05) is 0 Å². The Labute approximate surface area is 344 Å². The van der Waals surface area contributed by atoms with Gasteiger partial charge >= 0.3 is 23.5 Å². The SMILES string of the molecule is CC(C)(COP(=O)(O)OP(=O)(O)OC[C@H]1O[C@@H](n2cnc3c(N)ncnc32)[C@H](O)[C@@H]1OP(=O)(O)O)[C@@H](O)C(=O)NCCC(=O)NCCSC(=O)/C=C/C1=CCC(O)(O)C=C1. The minimum atomic E-state index is -5.59. The molecule has 0 saturated carbocycles. The molecule has 2 aliphatic rings. The number of aliphatic hydroxyl groups is 4. The van der Waals surface area contributed by atoms with Crippen LogP contribution in [0, 0.1) is 5.41 Å². The summed E-state index contributed by atoms with van der Waals surface area (Å²) in [6.45, 7) is 0.275. The molecule has 0 spiro atoms. The van der Waals surface area contributed by atoms with Gasteiger partial charge in [-0.3, -0.25) is 32.5 Å². The van der Waals surface area contributed by atoms with Crippen LogP contribution in [0.25, 0.3) is 11.2 Å². The Morgan fingerprint density at radius 2 is 1.80 bits per heavy atom. The molecule has 1 aliphatic carbocycles. The molecule has 7 atom stereocenters. The molecule has 30 heteroatoms. The van der Waals surface area contributed by atoms with E-state index in [2.05, 4.69) is 34.4 Å². The second-order valence-corrected chi connectivity index (χ2v) is 19.0. The molecular weight excluding hydrogens is 887 g/mol. The second kappa shape index (κ2) is 20.3. The van der Waals surface area contributed by atoms with Crippen LogP contribution in [0.5, 0.6) is 0 Å². The molecule has 60 heavy (non-hydrogen) atoms. The topological polar surface area (TPSA) is 404 Å². The average molecular weight is 932 g/mol. The third-order valence-corrected chi connectivity index (χ3v) is 12.3. The van der Waals surface area contributed by atoms with Crippen molar-refractivity contribution in [2.45, 2.75) is 63.1 Å². The number of imidazole rings is 1. The van der Waals surface area contributed by atoms with Crippen LogP contribution >= 0.6 is 35.2 Å². The molecule has 0 bridgehead atoms. The lowest BCUT2D eigenvalue weighted by atomic mass is 9.87. The number of aliphatic hydroxyl groups excluding tert-OH is 2. The lowest BCUT2D eigenvalue weighted by Gasteiger charge is -2.30. The summed E-state index contributed by atoms with van der Waals surface area (Å²) >= 11 is 0.922. The highest BCUT2D eigenvalue weighted by Gasteiger charge is 2.50. The summed E-state index contributed by atoms with van der Waals surface area (Å²) < 4.78 is 62.1. The Balaban J connectivity index is 1.19. The smallest absolute Gasteiger partial charge is 0.386 e. The second-order valence-electron chi connectivity index (χ2n) is 13.7. The maximum Gasteiger partial charge on any atom is 0.481 e. The molecule has 3 heterocycles. The molecule has 4 rings (SSSR count). The van der Waals surface area contributed by atoms with Crippen LogP contribution in [0.3, 0.4) is 0 Å². The number of anilines is 1. The molecule has 26 nitrogen and oxygen atoms in total. The van der Waals surface area contributed by atoms with Crippen LogP contribution < -0.4 is 16.4 Å². The number of hydrogen-bond acceptors (Lipinski definition) is 20. The largest absolute Gasteiger partial charge is 0.481 e. The molecule has 2 aromatic rings. The number of nitrogen functional groups attached to an aromatic ring is 1. The van der Waals surface area contributed by atoms with Crippen molar-refractivity contribution in [3.05, 3.63) is 48.6 Å². The third kappa shape index (κ3) is 14.7. The average Bonchev–Trinajstić information content (AvgIpc) is 3.71. The summed E-state index contributed by atoms with van der Waals surface area (Å²) in [4.78, 5) is 87.8. The number of carbonyl (C=O) groups is 3. The number of thioether (sulfide) groups is 1. The zero-order valence-electron chi connectivity index (χ0n) is 31.6. The number of nitrogens with two attached hydrogens (primary N) is 1. The predicted molar refractivity (Wildman–Crippen MR) is 205 cm³/mol. The Bertz CT molecular complexity index is 2130. The van der Waals surface area contributed by atoms with Crippen molar-refractivity contribution in [2.24, 2.45) is 5.41 Å². The molecule has 0 radical (unpaired) electrons. The van der Waals surface area contributed by atoms with E-state index in [1.54, 1.807) is 6.08 Å². The molecule has 1 saturated heterocycles. The third-order valence-electron chi connectivity index (χ3n) is 8.34. The van der Waals surface area contributed by atoms with E-state index >= 15 is 0 Å². The quantitative estimate of drug-likeness (QED) is 0.0303. The number of ether oxygens (including phenoxy) is 1. The van der Waals surface area contributed by atoms with E-state index in [9.17, 15) is 68.1 Å². The van der Waals surface area contributed by atoms with Crippen LogP contribution in [0.15, 0.2) is 48.6 Å². The minimum Gasteiger partial charge on any atom is -0.386 e. The molecular formula is C30H44N7O19P3S. The van der Waals surface area contributed by atoms with Gasteiger partial charge in [-0.05, 0) is 17.7 Å². The van der Waals surface area contributed by atoms with Gasteiger partial charge in [0.25, 0.3) is 0 Å². The van der Waals surface area contributed by atoms with Gasteiger partial charge in [0.1, 0.15) is 36.3 Å². The molecule has 0 aromatic carbocycles. The van der Waals surface area contributed by atoms with E-state index in [-0.39, 0.29) is 53.8 Å². The first kappa shape index (κ1) is 49.4. The Kier molecular flexibility index (Phi) is 16.7. The molecule has 334 valence electrons. The minimum absolute atomic E-state index is 0.0209. The maximum atomic E-state index is 12.7. The molecule has 12 N–H and O–H groups in total. The Hall–Kier alpha value is -3.30. The molecule has 2 amide bonds. The molecule has 2 unspecified atom stereocenters. The van der Waals surface area contributed by atoms with Gasteiger partial charge in [0.05, 0.1) is 19.5 Å². The van der Waals surface area contributed by atoms with Gasteiger partial charge < -0.3 is 61.1 Å². The van der Waals surface area contributed by atoms with Crippen LogP contribution in [0.4, 0.5) is 5.82 Å². The zero-order chi connectivity index (χ0) is 44.7. The highest BCUT2D eigenvalue weighted by molar-refractivity contribution is 8.14. The van der Waals surface area contributed by atoms with Gasteiger partial charge in [0.15, 0.2) is 23.5 Å². The van der Waals surface area contributed by atoms with Gasteiger partial charge in [-0.25, -0.2) is 28.6 Å². The summed E-state index contributed by atoms with van der Waals surface area (Å²) in [5.41, 5.74) is 4.83. The number of fused-ring (bicyclic) bond motifs is 1. The first-order chi connectivity index (χ1) is 27.8. The first-order valence-corrected chi connectivity index (χ1v) is 22.9. The number of amides is 2. The molecule has 1 aliphatic heterocycles. The summed E-state index contributed by atoms with van der Waals surface area (Å²) in [7, 11) is -16.5. The maximum absolute atomic E-state index is 12.7.